The van der Waals surface area contributed by atoms with Crippen LogP contribution in [0.3, 0.4) is 0 Å². The van der Waals surface area contributed by atoms with E-state index in [1.54, 1.807) is 13.3 Å². The molecule has 1 fully saturated rings. The summed E-state index contributed by atoms with van der Waals surface area (Å²) in [5, 5.41) is 7.58. The van der Waals surface area contributed by atoms with Crippen molar-refractivity contribution in [1.82, 2.24) is 10.6 Å². The molecule has 2 N–H and O–H groups in total. The van der Waals surface area contributed by atoms with E-state index in [0.717, 1.165) is 4.06 Å². The quantitative estimate of drug-likeness (QED) is 0.566. The van der Waals surface area contributed by atoms with Gasteiger partial charge in [0, 0.05) is 0 Å². The molecule has 0 aromatic heterocycles. The number of rotatable bonds is 10. The van der Waals surface area contributed by atoms with E-state index in [-0.39, 0.29) is 0 Å². The first kappa shape index (κ1) is 17.8. The molecule has 0 spiro atoms. The molecule has 0 aromatic rings. The Kier molecular flexibility index (Phi) is 9.77. The van der Waals surface area contributed by atoms with E-state index in [0.29, 0.717) is 0 Å². The first-order chi connectivity index (χ1) is 9.29. The number of unbranched alkanes of at least 4 members (excludes halogenated alkanes) is 3. The van der Waals surface area contributed by atoms with Gasteiger partial charge in [0.05, 0.1) is 0 Å². The molecule has 1 saturated heterocycles. The Morgan fingerprint density at radius 2 is 1.37 bits per heavy atom. The first-order valence-corrected chi connectivity index (χ1v) is 16.4. The molecule has 2 nitrogen and oxygen atoms in total. The predicted molar refractivity (Wildman–Crippen MR) is 89.6 cm³/mol. The normalized spacial score (nSPS) is 20.7. The summed E-state index contributed by atoms with van der Waals surface area (Å²) in [4.78, 5) is 0. The molecule has 1 aliphatic rings. The second-order valence-corrected chi connectivity index (χ2v) is 20.4. The van der Waals surface area contributed by atoms with Crippen molar-refractivity contribution >= 4 is 18.4 Å². The van der Waals surface area contributed by atoms with Gasteiger partial charge in [-0.25, -0.2) is 0 Å². The van der Waals surface area contributed by atoms with Crippen LogP contribution in [0, 0.1) is 0 Å². The summed E-state index contributed by atoms with van der Waals surface area (Å²) in [6.07, 6.45) is 8.62. The summed E-state index contributed by atoms with van der Waals surface area (Å²) in [7, 11) is 0. The molecular weight excluding hydrogens is 339 g/mol. The minimum atomic E-state index is -1.99. The molecule has 0 bridgehead atoms. The molecule has 1 heterocycles. The summed E-state index contributed by atoms with van der Waals surface area (Å²) >= 11 is -1.99. The van der Waals surface area contributed by atoms with Crippen LogP contribution in [0.2, 0.25) is 13.3 Å². The SMILES string of the molecule is CCC[CH2][Sn]([CH2]CCC)([CH2]CCC)[CH]1CNCCN1. The molecular formula is C16H36N2Sn. The van der Waals surface area contributed by atoms with Crippen molar-refractivity contribution in [3.63, 3.8) is 0 Å². The number of hydrogen-bond acceptors (Lipinski definition) is 2. The maximum absolute atomic E-state index is 3.92. The van der Waals surface area contributed by atoms with Crippen LogP contribution >= 0.6 is 0 Å². The van der Waals surface area contributed by atoms with Crippen LogP contribution in [0.4, 0.5) is 0 Å². The molecule has 0 aromatic carbocycles. The van der Waals surface area contributed by atoms with E-state index in [4.69, 9.17) is 0 Å². The van der Waals surface area contributed by atoms with Crippen LogP contribution in [-0.4, -0.2) is 42.1 Å². The van der Waals surface area contributed by atoms with Gasteiger partial charge in [0.2, 0.25) is 0 Å². The topological polar surface area (TPSA) is 24.1 Å². The van der Waals surface area contributed by atoms with Crippen molar-refractivity contribution in [3.8, 4) is 0 Å². The van der Waals surface area contributed by atoms with Crippen LogP contribution in [0.25, 0.3) is 0 Å². The molecule has 1 unspecified atom stereocenters. The van der Waals surface area contributed by atoms with Gasteiger partial charge in [0.15, 0.2) is 0 Å². The summed E-state index contributed by atoms with van der Waals surface area (Å²) in [6, 6.07) is 0. The zero-order valence-electron chi connectivity index (χ0n) is 13.6. The molecule has 1 aliphatic heterocycles. The molecule has 19 heavy (non-hydrogen) atoms. The van der Waals surface area contributed by atoms with Crippen molar-refractivity contribution in [2.45, 2.75) is 76.7 Å². The summed E-state index contributed by atoms with van der Waals surface area (Å²) in [6.45, 7) is 10.7. The third-order valence-corrected chi connectivity index (χ3v) is 21.8. The van der Waals surface area contributed by atoms with Gasteiger partial charge in [0.1, 0.15) is 0 Å². The molecule has 0 radical (unpaired) electrons. The molecule has 0 amide bonds. The minimum absolute atomic E-state index is 0.910. The molecule has 0 saturated carbocycles. The monoisotopic (exact) mass is 376 g/mol. The van der Waals surface area contributed by atoms with Gasteiger partial charge in [-0.3, -0.25) is 0 Å². The van der Waals surface area contributed by atoms with Crippen molar-refractivity contribution < 1.29 is 0 Å². The van der Waals surface area contributed by atoms with E-state index in [1.807, 2.05) is 0 Å². The fourth-order valence-electron chi connectivity index (χ4n) is 3.57. The van der Waals surface area contributed by atoms with Crippen molar-refractivity contribution in [2.75, 3.05) is 19.6 Å². The van der Waals surface area contributed by atoms with E-state index in [1.165, 1.54) is 58.2 Å². The third-order valence-electron chi connectivity index (χ3n) is 4.86. The molecule has 1 rings (SSSR count). The summed E-state index contributed by atoms with van der Waals surface area (Å²) in [5.74, 6) is 0. The second kappa shape index (κ2) is 10.4. The van der Waals surface area contributed by atoms with E-state index in [9.17, 15) is 0 Å². The van der Waals surface area contributed by atoms with Crippen LogP contribution in [0.5, 0.6) is 0 Å². The Morgan fingerprint density at radius 1 is 0.842 bits per heavy atom. The number of piperazine rings is 1. The van der Waals surface area contributed by atoms with Crippen LogP contribution in [0.1, 0.15) is 59.3 Å². The Morgan fingerprint density at radius 3 is 1.74 bits per heavy atom. The van der Waals surface area contributed by atoms with Gasteiger partial charge >= 0.3 is 125 Å². The van der Waals surface area contributed by atoms with Crippen LogP contribution in [0.15, 0.2) is 0 Å². The van der Waals surface area contributed by atoms with Gasteiger partial charge < -0.3 is 0 Å². The molecule has 114 valence electrons. The third kappa shape index (κ3) is 5.92. The number of nitrogens with one attached hydrogen (secondary N) is 2. The Balaban J connectivity index is 2.73. The summed E-state index contributed by atoms with van der Waals surface area (Å²) < 4.78 is 5.80. The Bertz CT molecular complexity index is 193. The van der Waals surface area contributed by atoms with Crippen LogP contribution in [-0.2, 0) is 0 Å². The predicted octanol–water partition coefficient (Wildman–Crippen LogP) is 3.94. The van der Waals surface area contributed by atoms with Gasteiger partial charge in [-0.2, -0.15) is 0 Å². The van der Waals surface area contributed by atoms with Gasteiger partial charge in [0.25, 0.3) is 0 Å². The summed E-state index contributed by atoms with van der Waals surface area (Å²) in [5.41, 5.74) is 0. The van der Waals surface area contributed by atoms with Gasteiger partial charge in [-0.05, 0) is 0 Å². The average Bonchev–Trinajstić information content (AvgIpc) is 2.48. The van der Waals surface area contributed by atoms with Crippen molar-refractivity contribution in [3.05, 3.63) is 0 Å². The molecule has 0 aliphatic carbocycles. The second-order valence-electron chi connectivity index (χ2n) is 6.38. The van der Waals surface area contributed by atoms with Crippen LogP contribution < -0.4 is 10.6 Å². The fraction of sp³-hybridized carbons (Fsp3) is 1.00. The molecule has 1 atom stereocenters. The fourth-order valence-corrected chi connectivity index (χ4v) is 21.0. The van der Waals surface area contributed by atoms with Gasteiger partial charge in [-0.1, -0.05) is 0 Å². The number of hydrogen-bond donors (Lipinski definition) is 2. The van der Waals surface area contributed by atoms with E-state index < -0.39 is 18.4 Å². The zero-order chi connectivity index (χ0) is 14.0. The Labute approximate surface area is 125 Å². The molecule has 3 heteroatoms. The Hall–Kier alpha value is 0.719. The standard InChI is InChI=1S/C4H9N2.3C4H9.Sn/c1-2-6-4-3-5-1;3*1-3-4-2;/h1,5-6H,2-4H2;3*1,3-4H2,2H3;. The maximum atomic E-state index is 3.92. The zero-order valence-corrected chi connectivity index (χ0v) is 16.4. The van der Waals surface area contributed by atoms with Crippen molar-refractivity contribution in [2.24, 2.45) is 0 Å². The van der Waals surface area contributed by atoms with Gasteiger partial charge in [-0.15, -0.1) is 0 Å². The van der Waals surface area contributed by atoms with Crippen molar-refractivity contribution in [1.29, 1.82) is 0 Å². The first-order valence-electron chi connectivity index (χ1n) is 8.73. The van der Waals surface area contributed by atoms with E-state index in [2.05, 4.69) is 31.4 Å². The average molecular weight is 375 g/mol. The van der Waals surface area contributed by atoms with E-state index >= 15 is 0 Å².